The molecule has 0 atom stereocenters. The summed E-state index contributed by atoms with van der Waals surface area (Å²) >= 11 is 11.8. The monoisotopic (exact) mass is 319 g/mol. The molecule has 3 nitrogen and oxygen atoms in total. The highest BCUT2D eigenvalue weighted by Gasteiger charge is 2.12. The van der Waals surface area contributed by atoms with Crippen molar-refractivity contribution in [3.05, 3.63) is 64.3 Å². The summed E-state index contributed by atoms with van der Waals surface area (Å²) in [5.41, 5.74) is 1.43. The molecule has 1 aromatic heterocycles. The number of carbonyl (C=O) groups excluding carboxylic acids is 1. The van der Waals surface area contributed by atoms with Crippen LogP contribution in [0.2, 0.25) is 10.0 Å². The zero-order valence-electron chi connectivity index (χ0n) is 10.9. The SMILES string of the molecule is O=C(CNc1ccc(Cl)c(Cl)c1)c1cc2ccccc2o1. The van der Waals surface area contributed by atoms with E-state index in [4.69, 9.17) is 27.6 Å². The Kier molecular flexibility index (Phi) is 3.86. The number of carbonyl (C=O) groups is 1. The summed E-state index contributed by atoms with van der Waals surface area (Å²) in [5.74, 6) is 0.209. The van der Waals surface area contributed by atoms with E-state index in [2.05, 4.69) is 5.32 Å². The molecule has 0 bridgehead atoms. The molecule has 0 spiro atoms. The lowest BCUT2D eigenvalue weighted by molar-refractivity contribution is 0.0982. The molecular weight excluding hydrogens is 309 g/mol. The van der Waals surface area contributed by atoms with Gasteiger partial charge in [0.1, 0.15) is 5.58 Å². The zero-order valence-corrected chi connectivity index (χ0v) is 12.4. The number of furan rings is 1. The van der Waals surface area contributed by atoms with Crippen molar-refractivity contribution in [3.63, 3.8) is 0 Å². The van der Waals surface area contributed by atoms with E-state index in [1.165, 1.54) is 0 Å². The number of nitrogens with one attached hydrogen (secondary N) is 1. The van der Waals surface area contributed by atoms with Gasteiger partial charge in [0.2, 0.25) is 5.78 Å². The van der Waals surface area contributed by atoms with Crippen LogP contribution in [0.25, 0.3) is 11.0 Å². The maximum atomic E-state index is 12.1. The van der Waals surface area contributed by atoms with Crippen molar-refractivity contribution in [3.8, 4) is 0 Å². The molecule has 106 valence electrons. The maximum Gasteiger partial charge on any atom is 0.216 e. The van der Waals surface area contributed by atoms with Gasteiger partial charge < -0.3 is 9.73 Å². The van der Waals surface area contributed by atoms with E-state index in [0.29, 0.717) is 21.4 Å². The van der Waals surface area contributed by atoms with Gasteiger partial charge in [-0.05, 0) is 30.3 Å². The number of fused-ring (bicyclic) bond motifs is 1. The molecule has 1 heterocycles. The molecular formula is C16H11Cl2NO2. The molecule has 2 aromatic carbocycles. The van der Waals surface area contributed by atoms with Gasteiger partial charge in [-0.25, -0.2) is 0 Å². The van der Waals surface area contributed by atoms with Crippen LogP contribution in [0.3, 0.4) is 0 Å². The third-order valence-corrected chi connectivity index (χ3v) is 3.81. The first kappa shape index (κ1) is 14.0. The van der Waals surface area contributed by atoms with Crippen LogP contribution < -0.4 is 5.32 Å². The van der Waals surface area contributed by atoms with Crippen molar-refractivity contribution in [2.24, 2.45) is 0 Å². The van der Waals surface area contributed by atoms with Crippen LogP contribution in [-0.4, -0.2) is 12.3 Å². The van der Waals surface area contributed by atoms with Gasteiger partial charge >= 0.3 is 0 Å². The number of Topliss-reactive ketones (excluding diaryl/α,β-unsaturated/α-hetero) is 1. The molecule has 0 fully saturated rings. The molecule has 3 rings (SSSR count). The van der Waals surface area contributed by atoms with Crippen molar-refractivity contribution in [1.82, 2.24) is 0 Å². The molecule has 0 amide bonds. The molecule has 21 heavy (non-hydrogen) atoms. The highest BCUT2D eigenvalue weighted by Crippen LogP contribution is 2.25. The van der Waals surface area contributed by atoms with E-state index in [0.717, 1.165) is 11.1 Å². The molecule has 0 saturated carbocycles. The van der Waals surface area contributed by atoms with Crippen molar-refractivity contribution >= 4 is 45.6 Å². The summed E-state index contributed by atoms with van der Waals surface area (Å²) in [5, 5.41) is 4.84. The number of anilines is 1. The van der Waals surface area contributed by atoms with Gasteiger partial charge in [0.05, 0.1) is 16.6 Å². The maximum absolute atomic E-state index is 12.1. The minimum atomic E-state index is -0.128. The molecule has 5 heteroatoms. The Morgan fingerprint density at radius 1 is 1.05 bits per heavy atom. The van der Waals surface area contributed by atoms with Gasteiger partial charge in [-0.2, -0.15) is 0 Å². The number of hydrogen-bond donors (Lipinski definition) is 1. The average Bonchev–Trinajstić information content (AvgIpc) is 2.92. The molecule has 0 aliphatic heterocycles. The smallest absolute Gasteiger partial charge is 0.216 e. The van der Waals surface area contributed by atoms with Crippen LogP contribution in [0.1, 0.15) is 10.6 Å². The Bertz CT molecular complexity index is 778. The highest BCUT2D eigenvalue weighted by atomic mass is 35.5. The van der Waals surface area contributed by atoms with E-state index in [9.17, 15) is 4.79 Å². The lowest BCUT2D eigenvalue weighted by Gasteiger charge is -2.05. The number of ketones is 1. The van der Waals surface area contributed by atoms with Crippen molar-refractivity contribution in [2.45, 2.75) is 0 Å². The van der Waals surface area contributed by atoms with Crippen molar-refractivity contribution < 1.29 is 9.21 Å². The number of halogens is 2. The Hall–Kier alpha value is -1.97. The number of hydrogen-bond acceptors (Lipinski definition) is 3. The van der Waals surface area contributed by atoms with Crippen LogP contribution in [0.4, 0.5) is 5.69 Å². The summed E-state index contributed by atoms with van der Waals surface area (Å²) in [4.78, 5) is 12.1. The molecule has 1 N–H and O–H groups in total. The van der Waals surface area contributed by atoms with Crippen LogP contribution in [0.15, 0.2) is 52.9 Å². The third-order valence-electron chi connectivity index (χ3n) is 3.07. The van der Waals surface area contributed by atoms with Crippen LogP contribution in [0.5, 0.6) is 0 Å². The van der Waals surface area contributed by atoms with Gasteiger partial charge in [-0.1, -0.05) is 41.4 Å². The van der Waals surface area contributed by atoms with Crippen LogP contribution >= 0.6 is 23.2 Å². The first-order valence-electron chi connectivity index (χ1n) is 6.34. The van der Waals surface area contributed by atoms with Gasteiger partial charge in [-0.3, -0.25) is 4.79 Å². The minimum absolute atomic E-state index is 0.123. The minimum Gasteiger partial charge on any atom is -0.453 e. The first-order chi connectivity index (χ1) is 10.1. The van der Waals surface area contributed by atoms with Gasteiger partial charge in [0.25, 0.3) is 0 Å². The van der Waals surface area contributed by atoms with Crippen molar-refractivity contribution in [1.29, 1.82) is 0 Å². The van der Waals surface area contributed by atoms with Crippen LogP contribution in [-0.2, 0) is 0 Å². The third kappa shape index (κ3) is 3.04. The fourth-order valence-corrected chi connectivity index (χ4v) is 2.29. The predicted octanol–water partition coefficient (Wildman–Crippen LogP) is 5.03. The fraction of sp³-hybridized carbons (Fsp3) is 0.0625. The molecule has 3 aromatic rings. The summed E-state index contributed by atoms with van der Waals surface area (Å²) in [7, 11) is 0. The second-order valence-corrected chi connectivity index (χ2v) is 5.37. The molecule has 0 unspecified atom stereocenters. The second kappa shape index (κ2) is 5.80. The first-order valence-corrected chi connectivity index (χ1v) is 7.10. The number of benzene rings is 2. The van der Waals surface area contributed by atoms with E-state index in [1.54, 1.807) is 24.3 Å². The highest BCUT2D eigenvalue weighted by molar-refractivity contribution is 6.42. The summed E-state index contributed by atoms with van der Waals surface area (Å²) in [6.45, 7) is 0.123. The molecule has 0 saturated heterocycles. The summed E-state index contributed by atoms with van der Waals surface area (Å²) in [6.07, 6.45) is 0. The van der Waals surface area contributed by atoms with E-state index < -0.39 is 0 Å². The lowest BCUT2D eigenvalue weighted by Crippen LogP contribution is -2.13. The summed E-state index contributed by atoms with van der Waals surface area (Å²) < 4.78 is 5.52. The zero-order chi connectivity index (χ0) is 14.8. The Labute approximate surface area is 131 Å². The molecule has 0 radical (unpaired) electrons. The Morgan fingerprint density at radius 2 is 1.86 bits per heavy atom. The topological polar surface area (TPSA) is 42.2 Å². The number of para-hydroxylation sites is 1. The lowest BCUT2D eigenvalue weighted by atomic mass is 10.2. The summed E-state index contributed by atoms with van der Waals surface area (Å²) in [6, 6.07) is 14.4. The predicted molar refractivity (Wildman–Crippen MR) is 85.5 cm³/mol. The standard InChI is InChI=1S/C16H11Cl2NO2/c17-12-6-5-11(8-13(12)18)19-9-14(20)16-7-10-3-1-2-4-15(10)21-16/h1-8,19H,9H2. The number of rotatable bonds is 4. The molecule has 0 aliphatic rings. The van der Waals surface area contributed by atoms with Gasteiger partial charge in [0.15, 0.2) is 5.76 Å². The van der Waals surface area contributed by atoms with Crippen LogP contribution in [0, 0.1) is 0 Å². The van der Waals surface area contributed by atoms with Gasteiger partial charge in [-0.15, -0.1) is 0 Å². The second-order valence-electron chi connectivity index (χ2n) is 4.55. The van der Waals surface area contributed by atoms with E-state index in [1.807, 2.05) is 24.3 Å². The largest absolute Gasteiger partial charge is 0.453 e. The van der Waals surface area contributed by atoms with Gasteiger partial charge in [0, 0.05) is 11.1 Å². The Morgan fingerprint density at radius 3 is 2.62 bits per heavy atom. The Balaban J connectivity index is 1.72. The molecule has 0 aliphatic carbocycles. The fourth-order valence-electron chi connectivity index (χ4n) is 1.99. The van der Waals surface area contributed by atoms with E-state index in [-0.39, 0.29) is 12.3 Å². The normalized spacial score (nSPS) is 10.8. The van der Waals surface area contributed by atoms with E-state index >= 15 is 0 Å². The quantitative estimate of drug-likeness (QED) is 0.685. The van der Waals surface area contributed by atoms with Crippen molar-refractivity contribution in [2.75, 3.05) is 11.9 Å². The average molecular weight is 320 g/mol.